The highest BCUT2D eigenvalue weighted by atomic mass is 19.4. The number of quaternary nitrogens is 1. The molecule has 4 heterocycles. The third-order valence-electron chi connectivity index (χ3n) is 7.82. The lowest BCUT2D eigenvalue weighted by Crippen LogP contribution is -2.67. The van der Waals surface area contributed by atoms with Crippen LogP contribution < -0.4 is 0 Å². The summed E-state index contributed by atoms with van der Waals surface area (Å²) in [5, 5.41) is 12.6. The van der Waals surface area contributed by atoms with Crippen molar-refractivity contribution in [1.29, 1.82) is 0 Å². The fourth-order valence-electron chi connectivity index (χ4n) is 6.13. The third kappa shape index (κ3) is 3.96. The first-order valence-corrected chi connectivity index (χ1v) is 11.5. The van der Waals surface area contributed by atoms with Crippen molar-refractivity contribution in [3.05, 3.63) is 90.1 Å². The van der Waals surface area contributed by atoms with Gasteiger partial charge in [0.1, 0.15) is 18.7 Å². The summed E-state index contributed by atoms with van der Waals surface area (Å²) in [6.07, 6.45) is 0.648. The Labute approximate surface area is 191 Å². The highest BCUT2D eigenvalue weighted by Gasteiger charge is 2.54. The van der Waals surface area contributed by atoms with Crippen LogP contribution in [0.3, 0.4) is 0 Å². The number of hydrogen-bond donors (Lipinski definition) is 1. The highest BCUT2D eigenvalue weighted by Crippen LogP contribution is 2.48. The molecule has 6 heteroatoms. The molecular formula is C27H28F3N2O+. The van der Waals surface area contributed by atoms with Gasteiger partial charge in [-0.25, -0.2) is 0 Å². The molecule has 3 unspecified atom stereocenters. The molecule has 3 nitrogen and oxygen atoms in total. The van der Waals surface area contributed by atoms with Crippen LogP contribution >= 0.6 is 0 Å². The molecule has 3 fully saturated rings. The van der Waals surface area contributed by atoms with Gasteiger partial charge in [-0.2, -0.15) is 13.2 Å². The first-order chi connectivity index (χ1) is 15.8. The molecule has 0 amide bonds. The maximum Gasteiger partial charge on any atom is 0.416 e. The number of halogens is 3. The van der Waals surface area contributed by atoms with E-state index in [2.05, 4.69) is 11.6 Å². The summed E-state index contributed by atoms with van der Waals surface area (Å²) in [6, 6.07) is 15.2. The molecule has 6 rings (SSSR count). The molecule has 3 aliphatic rings. The van der Waals surface area contributed by atoms with Gasteiger partial charge in [-0.15, -0.1) is 6.58 Å². The Hall–Kier alpha value is -2.70. The predicted octanol–water partition coefficient (Wildman–Crippen LogP) is 5.90. The maximum absolute atomic E-state index is 13.1. The number of fused-ring (bicyclic) bond motifs is 4. The second-order valence-electron chi connectivity index (χ2n) is 9.59. The molecule has 0 saturated carbocycles. The third-order valence-corrected chi connectivity index (χ3v) is 7.82. The van der Waals surface area contributed by atoms with Crippen LogP contribution in [0.2, 0.25) is 0 Å². The lowest BCUT2D eigenvalue weighted by Gasteiger charge is -2.58. The number of alkyl halides is 3. The molecule has 0 aliphatic carbocycles. The van der Waals surface area contributed by atoms with Gasteiger partial charge in [0, 0.05) is 35.9 Å². The number of aromatic nitrogens is 1. The smallest absolute Gasteiger partial charge is 0.382 e. The molecular weight excluding hydrogens is 425 g/mol. The molecule has 0 spiro atoms. The van der Waals surface area contributed by atoms with E-state index in [-0.39, 0.29) is 6.04 Å². The fourth-order valence-corrected chi connectivity index (χ4v) is 6.13. The Morgan fingerprint density at radius 1 is 1.12 bits per heavy atom. The zero-order valence-electron chi connectivity index (χ0n) is 18.4. The fraction of sp³-hybridized carbons (Fsp3) is 0.370. The number of benzene rings is 2. The molecule has 3 aliphatic heterocycles. The van der Waals surface area contributed by atoms with E-state index in [4.69, 9.17) is 0 Å². The first-order valence-electron chi connectivity index (χ1n) is 11.5. The van der Waals surface area contributed by atoms with Crippen LogP contribution in [0.5, 0.6) is 0 Å². The van der Waals surface area contributed by atoms with Gasteiger partial charge in [-0.05, 0) is 35.7 Å². The topological polar surface area (TPSA) is 33.1 Å². The van der Waals surface area contributed by atoms with Crippen molar-refractivity contribution in [3.8, 4) is 0 Å². The van der Waals surface area contributed by atoms with Crippen LogP contribution in [0.25, 0.3) is 10.9 Å². The number of rotatable bonds is 5. The highest BCUT2D eigenvalue weighted by molar-refractivity contribution is 5.82. The summed E-state index contributed by atoms with van der Waals surface area (Å²) >= 11 is 0. The van der Waals surface area contributed by atoms with E-state index in [9.17, 15) is 18.3 Å². The Bertz CT molecular complexity index is 1150. The standard InChI is InChI=1S/C27H28F3N2O/c1-2-19-17-32(16-18-7-9-21(10-8-18)27(28,29)30)14-12-20(19)15-25(32)26(33)23-11-13-31-24-6-4-3-5-22(23)24/h2-11,13,19-20,25-26,33H,1,12,14-17H2/q+1/t19-,20?,25?,26+,32?/m0/s1. The average Bonchev–Trinajstić information content (AvgIpc) is 2.83. The van der Waals surface area contributed by atoms with Gasteiger partial charge in [-0.3, -0.25) is 4.98 Å². The van der Waals surface area contributed by atoms with Crippen LogP contribution in [-0.2, 0) is 12.7 Å². The summed E-state index contributed by atoms with van der Waals surface area (Å²) in [5.41, 5.74) is 1.96. The monoisotopic (exact) mass is 453 g/mol. The quantitative estimate of drug-likeness (QED) is 0.386. The van der Waals surface area contributed by atoms with E-state index in [1.165, 1.54) is 0 Å². The van der Waals surface area contributed by atoms with E-state index in [0.717, 1.165) is 60.1 Å². The Kier molecular flexibility index (Phi) is 5.53. The van der Waals surface area contributed by atoms with Gasteiger partial charge in [0.15, 0.2) is 0 Å². The molecule has 172 valence electrons. The van der Waals surface area contributed by atoms with Crippen molar-refractivity contribution < 1.29 is 22.8 Å². The average molecular weight is 454 g/mol. The van der Waals surface area contributed by atoms with Gasteiger partial charge >= 0.3 is 6.18 Å². The lowest BCUT2D eigenvalue weighted by molar-refractivity contribution is -0.984. The van der Waals surface area contributed by atoms with Gasteiger partial charge in [0.05, 0.1) is 24.2 Å². The van der Waals surface area contributed by atoms with Crippen LogP contribution in [0, 0.1) is 11.8 Å². The normalized spacial score (nSPS) is 28.1. The Morgan fingerprint density at radius 2 is 1.88 bits per heavy atom. The second-order valence-corrected chi connectivity index (χ2v) is 9.59. The van der Waals surface area contributed by atoms with E-state index >= 15 is 0 Å². The van der Waals surface area contributed by atoms with Crippen molar-refractivity contribution in [2.24, 2.45) is 11.8 Å². The molecule has 33 heavy (non-hydrogen) atoms. The number of hydrogen-bond acceptors (Lipinski definition) is 2. The van der Waals surface area contributed by atoms with Gasteiger partial charge in [0.2, 0.25) is 0 Å². The number of nitrogens with zero attached hydrogens (tertiary/aromatic N) is 2. The number of piperidine rings is 3. The number of para-hydroxylation sites is 1. The summed E-state index contributed by atoms with van der Waals surface area (Å²) < 4.78 is 39.8. The van der Waals surface area contributed by atoms with Gasteiger partial charge < -0.3 is 9.59 Å². The predicted molar refractivity (Wildman–Crippen MR) is 122 cm³/mol. The Morgan fingerprint density at radius 3 is 2.61 bits per heavy atom. The van der Waals surface area contributed by atoms with E-state index in [0.29, 0.717) is 22.9 Å². The minimum Gasteiger partial charge on any atom is -0.382 e. The van der Waals surface area contributed by atoms with E-state index < -0.39 is 17.8 Å². The summed E-state index contributed by atoms with van der Waals surface area (Å²) in [4.78, 5) is 4.43. The number of aliphatic hydroxyl groups excluding tert-OH is 1. The van der Waals surface area contributed by atoms with Crippen molar-refractivity contribution >= 4 is 10.9 Å². The minimum absolute atomic E-state index is 0.0342. The maximum atomic E-state index is 13.1. The van der Waals surface area contributed by atoms with Crippen LogP contribution in [0.4, 0.5) is 13.2 Å². The molecule has 3 saturated heterocycles. The minimum atomic E-state index is -4.34. The molecule has 3 aromatic rings. The molecule has 1 aromatic heterocycles. The molecule has 1 N–H and O–H groups in total. The molecule has 2 aromatic carbocycles. The molecule has 0 radical (unpaired) electrons. The van der Waals surface area contributed by atoms with Crippen LogP contribution in [0.15, 0.2) is 73.4 Å². The zero-order chi connectivity index (χ0) is 23.2. The lowest BCUT2D eigenvalue weighted by atomic mass is 9.71. The van der Waals surface area contributed by atoms with Crippen molar-refractivity contribution in [1.82, 2.24) is 4.98 Å². The first kappa shape index (κ1) is 22.1. The van der Waals surface area contributed by atoms with Crippen molar-refractivity contribution in [2.45, 2.75) is 37.7 Å². The molecule has 5 atom stereocenters. The number of aliphatic hydroxyl groups is 1. The van der Waals surface area contributed by atoms with Crippen molar-refractivity contribution in [3.63, 3.8) is 0 Å². The summed E-state index contributed by atoms with van der Waals surface area (Å²) in [5.74, 6) is 0.827. The van der Waals surface area contributed by atoms with Crippen molar-refractivity contribution in [2.75, 3.05) is 13.1 Å². The molecule has 2 bridgehead atoms. The number of pyridine rings is 1. The zero-order valence-corrected chi connectivity index (χ0v) is 18.4. The van der Waals surface area contributed by atoms with Crippen LogP contribution in [0.1, 0.15) is 35.6 Å². The van der Waals surface area contributed by atoms with E-state index in [1.807, 2.05) is 36.4 Å². The summed E-state index contributed by atoms with van der Waals surface area (Å²) in [6.45, 7) is 6.39. The summed E-state index contributed by atoms with van der Waals surface area (Å²) in [7, 11) is 0. The SMILES string of the molecule is C=C[C@H]1C[N+]2(Cc3ccc(C(F)(F)F)cc3)CCC1CC2[C@H](O)c1ccnc2ccccc12. The van der Waals surface area contributed by atoms with Gasteiger partial charge in [-0.1, -0.05) is 36.4 Å². The second kappa shape index (κ2) is 8.26. The van der Waals surface area contributed by atoms with Gasteiger partial charge in [0.25, 0.3) is 0 Å². The van der Waals surface area contributed by atoms with E-state index in [1.54, 1.807) is 18.3 Å². The Balaban J connectivity index is 1.51. The van der Waals surface area contributed by atoms with Crippen LogP contribution in [-0.4, -0.2) is 33.7 Å². The largest absolute Gasteiger partial charge is 0.416 e.